The number of sulfonamides is 1. The molecule has 0 amide bonds. The Labute approximate surface area is 213 Å². The SMILES string of the molecule is COc1ccnc(S(=O)(=O)Nc2ccc(-c3nc(O[C@@H]4CCN(C)C[C@@H]4F)c4c(C)[nH]nc4n3)cc2)c1. The van der Waals surface area contributed by atoms with E-state index in [1.165, 1.54) is 19.4 Å². The lowest BCUT2D eigenvalue weighted by atomic mass is 10.1. The molecule has 5 rings (SSSR count). The lowest BCUT2D eigenvalue weighted by Gasteiger charge is -2.32. The van der Waals surface area contributed by atoms with E-state index in [2.05, 4.69) is 29.9 Å². The zero-order valence-corrected chi connectivity index (χ0v) is 21.3. The van der Waals surface area contributed by atoms with Crippen LogP contribution in [0.25, 0.3) is 22.4 Å². The Kier molecular flexibility index (Phi) is 6.65. The van der Waals surface area contributed by atoms with E-state index in [9.17, 15) is 12.8 Å². The van der Waals surface area contributed by atoms with Crippen molar-refractivity contribution in [1.29, 1.82) is 0 Å². The standard InChI is InChI=1S/C24H26FN7O4S/c1-14-21-23(30-29-14)27-22(28-24(21)36-19-9-11-32(2)13-18(19)25)15-4-6-16(7-5-15)31-37(33,34)20-12-17(35-3)8-10-26-20/h4-8,10,12,18-19,31H,9,11,13H2,1-3H3,(H,27,28,29,30)/t18-,19+/m0/s1. The number of hydrogen-bond acceptors (Lipinski definition) is 9. The topological polar surface area (TPSA) is 135 Å². The summed E-state index contributed by atoms with van der Waals surface area (Å²) in [5.74, 6) is 0.961. The second-order valence-electron chi connectivity index (χ2n) is 8.84. The number of alkyl halides is 1. The number of halogens is 1. The average molecular weight is 528 g/mol. The molecule has 1 aromatic carbocycles. The third-order valence-electron chi connectivity index (χ3n) is 6.12. The Bertz CT molecular complexity index is 1530. The van der Waals surface area contributed by atoms with Crippen molar-refractivity contribution in [2.24, 2.45) is 0 Å². The minimum absolute atomic E-state index is 0.166. The second kappa shape index (κ2) is 9.90. The molecule has 0 spiro atoms. The molecule has 4 heterocycles. The first-order valence-electron chi connectivity index (χ1n) is 11.6. The fourth-order valence-electron chi connectivity index (χ4n) is 4.12. The molecular formula is C24H26FN7O4S. The summed E-state index contributed by atoms with van der Waals surface area (Å²) in [4.78, 5) is 15.0. The fourth-order valence-corrected chi connectivity index (χ4v) is 5.14. The minimum atomic E-state index is -3.93. The minimum Gasteiger partial charge on any atom is -0.497 e. The number of aromatic amines is 1. The van der Waals surface area contributed by atoms with Gasteiger partial charge in [0.1, 0.15) is 23.4 Å². The molecule has 0 bridgehead atoms. The van der Waals surface area contributed by atoms with Crippen molar-refractivity contribution in [2.75, 3.05) is 32.0 Å². The van der Waals surface area contributed by atoms with Crippen molar-refractivity contribution in [3.8, 4) is 23.0 Å². The molecule has 13 heteroatoms. The van der Waals surface area contributed by atoms with Crippen LogP contribution in [0.15, 0.2) is 47.6 Å². The first-order chi connectivity index (χ1) is 17.7. The number of pyridine rings is 1. The molecule has 37 heavy (non-hydrogen) atoms. The van der Waals surface area contributed by atoms with E-state index >= 15 is 0 Å². The number of fused-ring (bicyclic) bond motifs is 1. The van der Waals surface area contributed by atoms with Crippen LogP contribution in [0.1, 0.15) is 12.1 Å². The van der Waals surface area contributed by atoms with Gasteiger partial charge in [-0.3, -0.25) is 9.82 Å². The summed E-state index contributed by atoms with van der Waals surface area (Å²) in [5, 5.41) is 7.56. The molecule has 1 aliphatic heterocycles. The molecular weight excluding hydrogens is 501 g/mol. The molecule has 11 nitrogen and oxygen atoms in total. The summed E-state index contributed by atoms with van der Waals surface area (Å²) in [5.41, 5.74) is 2.05. The molecule has 0 saturated carbocycles. The lowest BCUT2D eigenvalue weighted by Crippen LogP contribution is -2.45. The van der Waals surface area contributed by atoms with Gasteiger partial charge in [0.2, 0.25) is 5.88 Å². The number of piperidine rings is 1. The van der Waals surface area contributed by atoms with E-state index in [1.54, 1.807) is 30.3 Å². The number of benzene rings is 1. The maximum Gasteiger partial charge on any atom is 0.279 e. The van der Waals surface area contributed by atoms with Gasteiger partial charge in [-0.15, -0.1) is 0 Å². The van der Waals surface area contributed by atoms with E-state index in [0.29, 0.717) is 46.8 Å². The van der Waals surface area contributed by atoms with Gasteiger partial charge in [0.05, 0.1) is 7.11 Å². The number of hydrogen-bond donors (Lipinski definition) is 2. The van der Waals surface area contributed by atoms with Gasteiger partial charge in [-0.25, -0.2) is 14.4 Å². The maximum absolute atomic E-state index is 14.7. The molecule has 3 aromatic heterocycles. The molecule has 1 saturated heterocycles. The van der Waals surface area contributed by atoms with Crippen LogP contribution >= 0.6 is 0 Å². The maximum atomic E-state index is 14.7. The number of H-pyrrole nitrogens is 1. The van der Waals surface area contributed by atoms with Gasteiger partial charge in [0.15, 0.2) is 16.5 Å². The van der Waals surface area contributed by atoms with Crippen molar-refractivity contribution in [3.63, 3.8) is 0 Å². The van der Waals surface area contributed by atoms with Crippen LogP contribution in [0.5, 0.6) is 11.6 Å². The zero-order valence-electron chi connectivity index (χ0n) is 20.5. The van der Waals surface area contributed by atoms with Crippen LogP contribution in [-0.2, 0) is 10.0 Å². The smallest absolute Gasteiger partial charge is 0.279 e. The summed E-state index contributed by atoms with van der Waals surface area (Å²) < 4.78 is 53.8. The van der Waals surface area contributed by atoms with Crippen LogP contribution in [0.4, 0.5) is 10.1 Å². The van der Waals surface area contributed by atoms with E-state index in [4.69, 9.17) is 9.47 Å². The number of nitrogens with one attached hydrogen (secondary N) is 2. The van der Waals surface area contributed by atoms with Gasteiger partial charge >= 0.3 is 0 Å². The molecule has 2 N–H and O–H groups in total. The zero-order chi connectivity index (χ0) is 26.2. The highest BCUT2D eigenvalue weighted by Gasteiger charge is 2.31. The third kappa shape index (κ3) is 5.18. The quantitative estimate of drug-likeness (QED) is 0.372. The van der Waals surface area contributed by atoms with Gasteiger partial charge in [-0.05, 0) is 50.7 Å². The Hall–Kier alpha value is -3.84. The number of likely N-dealkylation sites (tertiary alicyclic amines) is 1. The molecule has 2 atom stereocenters. The number of aryl methyl sites for hydroxylation is 1. The van der Waals surface area contributed by atoms with Gasteiger partial charge in [0.25, 0.3) is 10.0 Å². The average Bonchev–Trinajstić information content (AvgIpc) is 3.26. The molecule has 0 aliphatic carbocycles. The largest absolute Gasteiger partial charge is 0.497 e. The molecule has 1 aliphatic rings. The Morgan fingerprint density at radius 2 is 1.97 bits per heavy atom. The van der Waals surface area contributed by atoms with Gasteiger partial charge in [0, 0.05) is 42.3 Å². The number of nitrogens with zero attached hydrogens (tertiary/aromatic N) is 5. The van der Waals surface area contributed by atoms with Crippen molar-refractivity contribution in [3.05, 3.63) is 48.3 Å². The lowest BCUT2D eigenvalue weighted by molar-refractivity contribution is 0.0296. The number of methoxy groups -OCH3 is 1. The first kappa shape index (κ1) is 24.8. The molecule has 0 radical (unpaired) electrons. The van der Waals surface area contributed by atoms with Crippen LogP contribution in [0, 0.1) is 6.92 Å². The van der Waals surface area contributed by atoms with Crippen LogP contribution in [-0.4, -0.2) is 78.0 Å². The summed E-state index contributed by atoms with van der Waals surface area (Å²) in [6.45, 7) is 2.84. The van der Waals surface area contributed by atoms with Gasteiger partial charge < -0.3 is 14.4 Å². The number of aromatic nitrogens is 5. The van der Waals surface area contributed by atoms with Crippen molar-refractivity contribution >= 4 is 26.7 Å². The van der Waals surface area contributed by atoms with Crippen LogP contribution in [0.2, 0.25) is 0 Å². The fraction of sp³-hybridized carbons (Fsp3) is 0.333. The number of ether oxygens (including phenoxy) is 2. The second-order valence-corrected chi connectivity index (χ2v) is 10.5. The molecule has 0 unspecified atom stereocenters. The van der Waals surface area contributed by atoms with Gasteiger partial charge in [-0.2, -0.15) is 18.5 Å². The van der Waals surface area contributed by atoms with Crippen LogP contribution < -0.4 is 14.2 Å². The molecule has 1 fully saturated rings. The Morgan fingerprint density at radius 3 is 2.70 bits per heavy atom. The normalized spacial score (nSPS) is 18.6. The summed E-state index contributed by atoms with van der Waals surface area (Å²) in [6.07, 6.45) is 0.118. The Morgan fingerprint density at radius 1 is 1.19 bits per heavy atom. The highest BCUT2D eigenvalue weighted by molar-refractivity contribution is 7.92. The monoisotopic (exact) mass is 527 g/mol. The molecule has 4 aromatic rings. The van der Waals surface area contributed by atoms with Gasteiger partial charge in [-0.1, -0.05) is 0 Å². The first-order valence-corrected chi connectivity index (χ1v) is 13.1. The van der Waals surface area contributed by atoms with Crippen LogP contribution in [0.3, 0.4) is 0 Å². The van der Waals surface area contributed by atoms with E-state index < -0.39 is 22.3 Å². The summed E-state index contributed by atoms with van der Waals surface area (Å²) in [7, 11) is -0.605. The highest BCUT2D eigenvalue weighted by atomic mass is 32.2. The number of anilines is 1. The van der Waals surface area contributed by atoms with Crippen molar-refractivity contribution in [1.82, 2.24) is 30.0 Å². The number of rotatable bonds is 7. The van der Waals surface area contributed by atoms with Crippen molar-refractivity contribution in [2.45, 2.75) is 30.6 Å². The predicted octanol–water partition coefficient (Wildman–Crippen LogP) is 2.95. The Balaban J connectivity index is 1.41. The molecule has 194 valence electrons. The summed E-state index contributed by atoms with van der Waals surface area (Å²) in [6, 6.07) is 9.42. The van der Waals surface area contributed by atoms with Crippen molar-refractivity contribution < 1.29 is 22.3 Å². The predicted molar refractivity (Wildman–Crippen MR) is 135 cm³/mol. The van der Waals surface area contributed by atoms with E-state index in [-0.39, 0.29) is 10.9 Å². The third-order valence-corrected chi connectivity index (χ3v) is 7.40. The van der Waals surface area contributed by atoms with E-state index in [1.807, 2.05) is 18.9 Å². The summed E-state index contributed by atoms with van der Waals surface area (Å²) >= 11 is 0. The highest BCUT2D eigenvalue weighted by Crippen LogP contribution is 2.31. The van der Waals surface area contributed by atoms with E-state index in [0.717, 1.165) is 12.2 Å².